The summed E-state index contributed by atoms with van der Waals surface area (Å²) in [5.41, 5.74) is -0.0356. The second kappa shape index (κ2) is 7.52. The van der Waals surface area contributed by atoms with E-state index in [1.165, 1.54) is 24.3 Å². The van der Waals surface area contributed by atoms with E-state index in [-0.39, 0.29) is 30.9 Å². The molecule has 2 aromatic rings. The summed E-state index contributed by atoms with van der Waals surface area (Å²) in [5.74, 6) is 1.40. The van der Waals surface area contributed by atoms with Crippen LogP contribution >= 0.6 is 0 Å². The molecule has 2 aromatic carbocycles. The van der Waals surface area contributed by atoms with Crippen molar-refractivity contribution in [2.75, 3.05) is 19.8 Å². The number of carbonyl (C=O) groups excluding carboxylic acids is 1. The first-order valence-corrected chi connectivity index (χ1v) is 7.64. The van der Waals surface area contributed by atoms with Crippen LogP contribution in [0.25, 0.3) is 0 Å². The molecule has 0 unspecified atom stereocenters. The number of nitro benzene ring substituents is 1. The molecule has 8 nitrogen and oxygen atoms in total. The third-order valence-electron chi connectivity index (χ3n) is 3.51. The molecule has 25 heavy (non-hydrogen) atoms. The number of nitrogens with one attached hydrogen (secondary N) is 1. The molecule has 0 radical (unpaired) electrons. The number of benzene rings is 2. The lowest BCUT2D eigenvalue weighted by molar-refractivity contribution is -0.384. The van der Waals surface area contributed by atoms with Crippen molar-refractivity contribution in [3.63, 3.8) is 0 Å². The van der Waals surface area contributed by atoms with E-state index in [1.54, 1.807) is 6.07 Å². The summed E-state index contributed by atoms with van der Waals surface area (Å²) in [5, 5.41) is 13.3. The Morgan fingerprint density at radius 1 is 1.20 bits per heavy atom. The minimum atomic E-state index is -0.499. The highest BCUT2D eigenvalue weighted by molar-refractivity contribution is 5.77. The monoisotopic (exact) mass is 344 g/mol. The molecule has 0 bridgehead atoms. The summed E-state index contributed by atoms with van der Waals surface area (Å²) in [7, 11) is 0. The molecule has 0 saturated heterocycles. The second-order valence-corrected chi connectivity index (χ2v) is 5.34. The van der Waals surface area contributed by atoms with Gasteiger partial charge in [-0.05, 0) is 24.3 Å². The molecular formula is C17H16N2O6. The highest BCUT2D eigenvalue weighted by Gasteiger charge is 2.21. The van der Waals surface area contributed by atoms with E-state index in [1.807, 2.05) is 18.2 Å². The average Bonchev–Trinajstić information content (AvgIpc) is 2.65. The van der Waals surface area contributed by atoms with Gasteiger partial charge in [0.2, 0.25) is 0 Å². The van der Waals surface area contributed by atoms with E-state index < -0.39 is 4.92 Å². The van der Waals surface area contributed by atoms with E-state index in [0.717, 1.165) is 0 Å². The Bertz CT molecular complexity index is 762. The predicted molar refractivity (Wildman–Crippen MR) is 88.0 cm³/mol. The molecule has 0 fully saturated rings. The van der Waals surface area contributed by atoms with Crippen LogP contribution in [0, 0.1) is 10.1 Å². The van der Waals surface area contributed by atoms with Crippen molar-refractivity contribution in [1.29, 1.82) is 0 Å². The largest absolute Gasteiger partial charge is 0.486 e. The first-order chi connectivity index (χ1) is 12.1. The van der Waals surface area contributed by atoms with Crippen LogP contribution in [0.1, 0.15) is 0 Å². The lowest BCUT2D eigenvalue weighted by atomic mass is 10.2. The molecule has 0 spiro atoms. The van der Waals surface area contributed by atoms with Crippen LogP contribution in [-0.4, -0.2) is 36.7 Å². The highest BCUT2D eigenvalue weighted by atomic mass is 16.6. The number of fused-ring (bicyclic) bond motifs is 1. The summed E-state index contributed by atoms with van der Waals surface area (Å²) < 4.78 is 16.6. The molecule has 0 aromatic heterocycles. The summed E-state index contributed by atoms with van der Waals surface area (Å²) in [6, 6.07) is 12.9. The number of nitrogens with zero attached hydrogens (tertiary/aromatic N) is 1. The third kappa shape index (κ3) is 4.37. The van der Waals surface area contributed by atoms with Gasteiger partial charge in [-0.25, -0.2) is 0 Å². The van der Waals surface area contributed by atoms with Crippen LogP contribution < -0.4 is 19.5 Å². The third-order valence-corrected chi connectivity index (χ3v) is 3.51. The number of nitro groups is 1. The van der Waals surface area contributed by atoms with Gasteiger partial charge in [0.15, 0.2) is 18.1 Å². The number of para-hydroxylation sites is 2. The van der Waals surface area contributed by atoms with Crippen LogP contribution in [0.15, 0.2) is 48.5 Å². The molecule has 1 atom stereocenters. The van der Waals surface area contributed by atoms with Crippen molar-refractivity contribution in [3.05, 3.63) is 58.6 Å². The van der Waals surface area contributed by atoms with Gasteiger partial charge < -0.3 is 19.5 Å². The summed E-state index contributed by atoms with van der Waals surface area (Å²) in [6.45, 7) is 0.444. The maximum atomic E-state index is 11.8. The molecule has 0 saturated carbocycles. The molecular weight excluding hydrogens is 328 g/mol. The van der Waals surface area contributed by atoms with Gasteiger partial charge in [-0.1, -0.05) is 12.1 Å². The fourth-order valence-electron chi connectivity index (χ4n) is 2.26. The average molecular weight is 344 g/mol. The lowest BCUT2D eigenvalue weighted by Gasteiger charge is -2.26. The molecule has 1 amide bonds. The van der Waals surface area contributed by atoms with Crippen LogP contribution in [0.5, 0.6) is 17.2 Å². The summed E-state index contributed by atoms with van der Waals surface area (Å²) in [4.78, 5) is 21.9. The van der Waals surface area contributed by atoms with Gasteiger partial charge >= 0.3 is 0 Å². The lowest BCUT2D eigenvalue weighted by Crippen LogP contribution is -2.42. The second-order valence-electron chi connectivity index (χ2n) is 5.34. The van der Waals surface area contributed by atoms with E-state index in [2.05, 4.69) is 5.32 Å². The zero-order chi connectivity index (χ0) is 17.6. The van der Waals surface area contributed by atoms with Gasteiger partial charge in [0.1, 0.15) is 18.5 Å². The summed E-state index contributed by atoms with van der Waals surface area (Å²) in [6.07, 6.45) is -0.279. The molecule has 1 aliphatic rings. The van der Waals surface area contributed by atoms with Crippen molar-refractivity contribution in [3.8, 4) is 17.2 Å². The number of ether oxygens (including phenoxy) is 3. The van der Waals surface area contributed by atoms with E-state index in [4.69, 9.17) is 14.2 Å². The number of carbonyl (C=O) groups is 1. The maximum Gasteiger partial charge on any atom is 0.269 e. The molecule has 1 aliphatic heterocycles. The van der Waals surface area contributed by atoms with Crippen LogP contribution in [0.2, 0.25) is 0 Å². The minimum absolute atomic E-state index is 0.0356. The number of hydrogen-bond donors (Lipinski definition) is 1. The molecule has 3 rings (SSSR count). The minimum Gasteiger partial charge on any atom is -0.486 e. The van der Waals surface area contributed by atoms with Gasteiger partial charge in [-0.2, -0.15) is 0 Å². The molecule has 1 heterocycles. The Balaban J connectivity index is 1.42. The zero-order valence-electron chi connectivity index (χ0n) is 13.2. The summed E-state index contributed by atoms with van der Waals surface area (Å²) >= 11 is 0. The first-order valence-electron chi connectivity index (χ1n) is 7.64. The molecule has 1 N–H and O–H groups in total. The zero-order valence-corrected chi connectivity index (χ0v) is 13.2. The Kier molecular flexibility index (Phi) is 4.98. The molecule has 130 valence electrons. The standard InChI is InChI=1S/C17H16N2O6/c20-17(11-23-13-7-5-12(6-8-13)19(21)22)18-9-14-10-24-15-3-1-2-4-16(15)25-14/h1-8,14H,9-11H2,(H,18,20)/t14-/m0/s1. The first kappa shape index (κ1) is 16.6. The Labute approximate surface area is 143 Å². The number of rotatable bonds is 6. The van der Waals surface area contributed by atoms with Gasteiger partial charge in [-0.3, -0.25) is 14.9 Å². The van der Waals surface area contributed by atoms with Gasteiger partial charge in [-0.15, -0.1) is 0 Å². The highest BCUT2D eigenvalue weighted by Crippen LogP contribution is 2.30. The van der Waals surface area contributed by atoms with Gasteiger partial charge in [0.25, 0.3) is 11.6 Å². The Morgan fingerprint density at radius 2 is 1.92 bits per heavy atom. The van der Waals surface area contributed by atoms with Gasteiger partial charge in [0, 0.05) is 12.1 Å². The number of hydrogen-bond acceptors (Lipinski definition) is 6. The van der Waals surface area contributed by atoms with Crippen molar-refractivity contribution in [2.24, 2.45) is 0 Å². The van der Waals surface area contributed by atoms with Crippen LogP contribution in [-0.2, 0) is 4.79 Å². The van der Waals surface area contributed by atoms with E-state index >= 15 is 0 Å². The van der Waals surface area contributed by atoms with Crippen LogP contribution in [0.4, 0.5) is 5.69 Å². The van der Waals surface area contributed by atoms with Crippen molar-refractivity contribution >= 4 is 11.6 Å². The number of amides is 1. The topological polar surface area (TPSA) is 99.9 Å². The fraction of sp³-hybridized carbons (Fsp3) is 0.235. The SMILES string of the molecule is O=C(COc1ccc([N+](=O)[O-])cc1)NC[C@H]1COc2ccccc2O1. The van der Waals surface area contributed by atoms with Gasteiger partial charge in [0.05, 0.1) is 11.5 Å². The normalized spacial score (nSPS) is 15.3. The maximum absolute atomic E-state index is 11.8. The van der Waals surface area contributed by atoms with E-state index in [0.29, 0.717) is 23.9 Å². The quantitative estimate of drug-likeness (QED) is 0.635. The number of non-ortho nitro benzene ring substituents is 1. The molecule has 8 heteroatoms. The smallest absolute Gasteiger partial charge is 0.269 e. The van der Waals surface area contributed by atoms with E-state index in [9.17, 15) is 14.9 Å². The van der Waals surface area contributed by atoms with Crippen molar-refractivity contribution < 1.29 is 23.9 Å². The fourth-order valence-corrected chi connectivity index (χ4v) is 2.26. The van der Waals surface area contributed by atoms with Crippen molar-refractivity contribution in [2.45, 2.75) is 6.10 Å². The van der Waals surface area contributed by atoms with Crippen LogP contribution in [0.3, 0.4) is 0 Å². The Hall–Kier alpha value is -3.29. The molecule has 0 aliphatic carbocycles. The predicted octanol–water partition coefficient (Wildman–Crippen LogP) is 1.93. The Morgan fingerprint density at radius 3 is 2.64 bits per heavy atom. The van der Waals surface area contributed by atoms with Crippen molar-refractivity contribution in [1.82, 2.24) is 5.32 Å².